The van der Waals surface area contributed by atoms with E-state index in [1.165, 1.54) is 0 Å². The van der Waals surface area contributed by atoms with Gasteiger partial charge in [0, 0.05) is 19.2 Å². The molecule has 0 spiro atoms. The smallest absolute Gasteiger partial charge is 0.185 e. The van der Waals surface area contributed by atoms with E-state index < -0.39 is 29.0 Å². The normalized spacial score (nSPS) is 19.2. The second-order valence-corrected chi connectivity index (χ2v) is 4.19. The third kappa shape index (κ3) is 2.75. The summed E-state index contributed by atoms with van der Waals surface area (Å²) >= 11 is 0. The maximum atomic E-state index is 13.3. The van der Waals surface area contributed by atoms with Crippen molar-refractivity contribution in [3.63, 3.8) is 0 Å². The van der Waals surface area contributed by atoms with Gasteiger partial charge < -0.3 is 10.1 Å². The molecule has 1 unspecified atom stereocenters. The summed E-state index contributed by atoms with van der Waals surface area (Å²) in [5.41, 5.74) is -0.759. The number of halogens is 4. The van der Waals surface area contributed by atoms with E-state index in [9.17, 15) is 17.6 Å². The molecule has 1 aliphatic heterocycles. The molecule has 0 amide bonds. The maximum absolute atomic E-state index is 13.3. The van der Waals surface area contributed by atoms with Gasteiger partial charge in [-0.3, -0.25) is 0 Å². The lowest BCUT2D eigenvalue weighted by Crippen LogP contribution is -2.14. The highest BCUT2D eigenvalue weighted by Gasteiger charge is 2.20. The Balaban J connectivity index is 1.99. The first-order valence-corrected chi connectivity index (χ1v) is 5.78. The van der Waals surface area contributed by atoms with Crippen LogP contribution in [0.25, 0.3) is 0 Å². The Morgan fingerprint density at radius 1 is 1.17 bits per heavy atom. The Kier molecular flexibility index (Phi) is 4.06. The van der Waals surface area contributed by atoms with Crippen molar-refractivity contribution in [2.75, 3.05) is 18.5 Å². The molecule has 1 fully saturated rings. The van der Waals surface area contributed by atoms with Gasteiger partial charge in [-0.25, -0.2) is 17.6 Å². The number of rotatable bonds is 4. The third-order valence-electron chi connectivity index (χ3n) is 2.90. The highest BCUT2D eigenvalue weighted by molar-refractivity contribution is 5.47. The third-order valence-corrected chi connectivity index (χ3v) is 2.90. The monoisotopic (exact) mass is 263 g/mol. The van der Waals surface area contributed by atoms with Gasteiger partial charge in [0.1, 0.15) is 5.69 Å². The second kappa shape index (κ2) is 5.56. The van der Waals surface area contributed by atoms with E-state index in [4.69, 9.17) is 4.74 Å². The Hall–Kier alpha value is -1.30. The fourth-order valence-corrected chi connectivity index (χ4v) is 1.96. The molecule has 1 aromatic carbocycles. The van der Waals surface area contributed by atoms with Crippen LogP contribution in [0.15, 0.2) is 6.07 Å². The minimum atomic E-state index is -1.41. The zero-order valence-electron chi connectivity index (χ0n) is 9.61. The first-order chi connectivity index (χ1) is 8.59. The summed E-state index contributed by atoms with van der Waals surface area (Å²) < 4.78 is 57.7. The standard InChI is InChI=1S/C12H13F4NO/c13-8-6-9(14)11(16)12(10(8)15)17-4-3-7-2-1-5-18-7/h6-7,17H,1-5H2. The fraction of sp³-hybridized carbons (Fsp3) is 0.500. The molecule has 1 heterocycles. The summed E-state index contributed by atoms with van der Waals surface area (Å²) in [6.45, 7) is 0.878. The van der Waals surface area contributed by atoms with E-state index in [1.54, 1.807) is 0 Å². The first kappa shape index (κ1) is 13.1. The fourth-order valence-electron chi connectivity index (χ4n) is 1.96. The number of nitrogens with one attached hydrogen (secondary N) is 1. The molecule has 18 heavy (non-hydrogen) atoms. The first-order valence-electron chi connectivity index (χ1n) is 5.78. The van der Waals surface area contributed by atoms with E-state index in [-0.39, 0.29) is 18.7 Å². The van der Waals surface area contributed by atoms with Crippen LogP contribution in [0.2, 0.25) is 0 Å². The lowest BCUT2D eigenvalue weighted by molar-refractivity contribution is 0.107. The molecule has 0 aromatic heterocycles. The topological polar surface area (TPSA) is 21.3 Å². The zero-order valence-corrected chi connectivity index (χ0v) is 9.61. The Morgan fingerprint density at radius 2 is 1.83 bits per heavy atom. The largest absolute Gasteiger partial charge is 0.380 e. The van der Waals surface area contributed by atoms with Gasteiger partial charge in [-0.2, -0.15) is 0 Å². The minimum absolute atomic E-state index is 0.0435. The van der Waals surface area contributed by atoms with Crippen LogP contribution < -0.4 is 5.32 Å². The number of benzene rings is 1. The molecule has 100 valence electrons. The molecule has 0 aliphatic carbocycles. The lowest BCUT2D eigenvalue weighted by Gasteiger charge is -2.12. The molecule has 2 nitrogen and oxygen atoms in total. The van der Waals surface area contributed by atoms with Crippen LogP contribution in [0.3, 0.4) is 0 Å². The minimum Gasteiger partial charge on any atom is -0.380 e. The average Bonchev–Trinajstić information content (AvgIpc) is 2.84. The molecular weight excluding hydrogens is 250 g/mol. The van der Waals surface area contributed by atoms with Gasteiger partial charge in [0.2, 0.25) is 0 Å². The number of anilines is 1. The van der Waals surface area contributed by atoms with Gasteiger partial charge in [0.25, 0.3) is 0 Å². The molecule has 1 N–H and O–H groups in total. The quantitative estimate of drug-likeness (QED) is 0.665. The van der Waals surface area contributed by atoms with Crippen LogP contribution in [0.5, 0.6) is 0 Å². The second-order valence-electron chi connectivity index (χ2n) is 4.19. The number of ether oxygens (including phenoxy) is 1. The van der Waals surface area contributed by atoms with Crippen molar-refractivity contribution in [1.82, 2.24) is 0 Å². The van der Waals surface area contributed by atoms with Gasteiger partial charge in [-0.1, -0.05) is 0 Å². The molecule has 1 atom stereocenters. The lowest BCUT2D eigenvalue weighted by atomic mass is 10.2. The summed E-state index contributed by atoms with van der Waals surface area (Å²) in [7, 11) is 0. The van der Waals surface area contributed by atoms with Crippen molar-refractivity contribution in [3.05, 3.63) is 29.3 Å². The zero-order chi connectivity index (χ0) is 13.1. The molecule has 0 saturated carbocycles. The summed E-state index contributed by atoms with van der Waals surface area (Å²) in [4.78, 5) is 0. The van der Waals surface area contributed by atoms with Crippen molar-refractivity contribution in [2.24, 2.45) is 0 Å². The molecule has 0 radical (unpaired) electrons. The van der Waals surface area contributed by atoms with Crippen molar-refractivity contribution < 1.29 is 22.3 Å². The molecular formula is C12H13F4NO. The Bertz CT molecular complexity index is 406. The van der Waals surface area contributed by atoms with Crippen molar-refractivity contribution in [2.45, 2.75) is 25.4 Å². The summed E-state index contributed by atoms with van der Waals surface area (Å²) in [6.07, 6.45) is 2.44. The summed E-state index contributed by atoms with van der Waals surface area (Å²) in [6, 6.07) is 0.190. The predicted molar refractivity (Wildman–Crippen MR) is 58.4 cm³/mol. The average molecular weight is 263 g/mol. The van der Waals surface area contributed by atoms with Crippen molar-refractivity contribution in [3.8, 4) is 0 Å². The van der Waals surface area contributed by atoms with Crippen LogP contribution in [0.4, 0.5) is 23.2 Å². The van der Waals surface area contributed by atoms with E-state index in [1.807, 2.05) is 0 Å². The predicted octanol–water partition coefficient (Wildman–Crippen LogP) is 3.22. The molecule has 2 rings (SSSR count). The van der Waals surface area contributed by atoms with Crippen molar-refractivity contribution >= 4 is 5.69 Å². The molecule has 6 heteroatoms. The summed E-state index contributed by atoms with van der Waals surface area (Å²) in [5, 5.41) is 2.38. The van der Waals surface area contributed by atoms with Gasteiger partial charge in [-0.05, 0) is 19.3 Å². The van der Waals surface area contributed by atoms with Crippen LogP contribution in [0.1, 0.15) is 19.3 Å². The Morgan fingerprint density at radius 3 is 2.39 bits per heavy atom. The van der Waals surface area contributed by atoms with Crippen LogP contribution in [0, 0.1) is 23.3 Å². The molecule has 1 saturated heterocycles. The van der Waals surface area contributed by atoms with E-state index in [2.05, 4.69) is 5.32 Å². The molecule has 0 bridgehead atoms. The maximum Gasteiger partial charge on any atom is 0.185 e. The van der Waals surface area contributed by atoms with E-state index in [0.717, 1.165) is 12.8 Å². The highest BCUT2D eigenvalue weighted by atomic mass is 19.2. The molecule has 1 aliphatic rings. The van der Waals surface area contributed by atoms with Gasteiger partial charge in [0.15, 0.2) is 23.3 Å². The van der Waals surface area contributed by atoms with Gasteiger partial charge >= 0.3 is 0 Å². The number of hydrogen-bond donors (Lipinski definition) is 1. The van der Waals surface area contributed by atoms with Gasteiger partial charge in [0.05, 0.1) is 6.10 Å². The van der Waals surface area contributed by atoms with E-state index >= 15 is 0 Å². The number of hydrogen-bond acceptors (Lipinski definition) is 2. The molecule has 1 aromatic rings. The van der Waals surface area contributed by atoms with Crippen molar-refractivity contribution in [1.29, 1.82) is 0 Å². The van der Waals surface area contributed by atoms with Gasteiger partial charge in [-0.15, -0.1) is 0 Å². The van der Waals surface area contributed by atoms with Crippen LogP contribution in [-0.4, -0.2) is 19.3 Å². The SMILES string of the molecule is Fc1cc(F)c(F)c(NCCC2CCCO2)c1F. The Labute approximate surface area is 102 Å². The van der Waals surface area contributed by atoms with Crippen LogP contribution >= 0.6 is 0 Å². The summed E-state index contributed by atoms with van der Waals surface area (Å²) in [5.74, 6) is -5.62. The van der Waals surface area contributed by atoms with E-state index in [0.29, 0.717) is 13.0 Å². The highest BCUT2D eigenvalue weighted by Crippen LogP contribution is 2.24. The van der Waals surface area contributed by atoms with Crippen LogP contribution in [-0.2, 0) is 4.74 Å².